The SMILES string of the molecule is CCCCOC[C@H]1CN(c2nc(-c3ccccc3O)nc3cc(C)ccc23)CCN1. The first-order valence-electron chi connectivity index (χ1n) is 10.8. The van der Waals surface area contributed by atoms with Gasteiger partial charge in [-0.25, -0.2) is 9.97 Å². The molecular weight excluding hydrogens is 376 g/mol. The quantitative estimate of drug-likeness (QED) is 0.580. The number of hydrogen-bond donors (Lipinski definition) is 2. The third kappa shape index (κ3) is 4.55. The number of benzene rings is 2. The number of aryl methyl sites for hydroxylation is 1. The largest absolute Gasteiger partial charge is 0.507 e. The summed E-state index contributed by atoms with van der Waals surface area (Å²) < 4.78 is 5.85. The maximum Gasteiger partial charge on any atom is 0.165 e. The Hall–Kier alpha value is -2.70. The first-order chi connectivity index (χ1) is 14.7. The molecule has 2 N–H and O–H groups in total. The molecule has 1 saturated heterocycles. The monoisotopic (exact) mass is 406 g/mol. The highest BCUT2D eigenvalue weighted by Crippen LogP contribution is 2.32. The molecule has 6 heteroatoms. The summed E-state index contributed by atoms with van der Waals surface area (Å²) in [6.45, 7) is 8.32. The van der Waals surface area contributed by atoms with Crippen molar-refractivity contribution in [2.45, 2.75) is 32.7 Å². The fourth-order valence-electron chi connectivity index (χ4n) is 3.85. The maximum atomic E-state index is 10.4. The maximum absolute atomic E-state index is 10.4. The second-order valence-electron chi connectivity index (χ2n) is 7.93. The molecular formula is C24H30N4O2. The molecule has 1 aliphatic heterocycles. The third-order valence-corrected chi connectivity index (χ3v) is 5.49. The van der Waals surface area contributed by atoms with Crippen molar-refractivity contribution in [1.82, 2.24) is 15.3 Å². The molecule has 30 heavy (non-hydrogen) atoms. The molecule has 1 atom stereocenters. The number of hydrogen-bond acceptors (Lipinski definition) is 6. The fraction of sp³-hybridized carbons (Fsp3) is 0.417. The van der Waals surface area contributed by atoms with Crippen molar-refractivity contribution in [3.8, 4) is 17.1 Å². The third-order valence-electron chi connectivity index (χ3n) is 5.49. The number of ether oxygens (including phenoxy) is 1. The van der Waals surface area contributed by atoms with Crippen LogP contribution in [0.2, 0.25) is 0 Å². The number of piperazine rings is 1. The Balaban J connectivity index is 1.68. The number of rotatable bonds is 7. The summed E-state index contributed by atoms with van der Waals surface area (Å²) in [6.07, 6.45) is 2.24. The van der Waals surface area contributed by atoms with E-state index in [0.29, 0.717) is 18.0 Å². The first-order valence-corrected chi connectivity index (χ1v) is 10.8. The fourth-order valence-corrected chi connectivity index (χ4v) is 3.85. The molecule has 6 nitrogen and oxygen atoms in total. The second kappa shape index (κ2) is 9.41. The van der Waals surface area contributed by atoms with Gasteiger partial charge in [-0.3, -0.25) is 0 Å². The van der Waals surface area contributed by atoms with Gasteiger partial charge in [-0.1, -0.05) is 31.5 Å². The van der Waals surface area contributed by atoms with Crippen molar-refractivity contribution < 1.29 is 9.84 Å². The van der Waals surface area contributed by atoms with Crippen LogP contribution in [0.1, 0.15) is 25.3 Å². The molecule has 2 heterocycles. The van der Waals surface area contributed by atoms with E-state index in [4.69, 9.17) is 14.7 Å². The Labute approximate surface area is 177 Å². The average molecular weight is 407 g/mol. The van der Waals surface area contributed by atoms with Gasteiger partial charge in [0.2, 0.25) is 0 Å². The summed E-state index contributed by atoms with van der Waals surface area (Å²) in [6, 6.07) is 13.8. The Morgan fingerprint density at radius 2 is 2.07 bits per heavy atom. The lowest BCUT2D eigenvalue weighted by Gasteiger charge is -2.35. The summed E-state index contributed by atoms with van der Waals surface area (Å²) >= 11 is 0. The van der Waals surface area contributed by atoms with Crippen molar-refractivity contribution in [2.24, 2.45) is 0 Å². The highest BCUT2D eigenvalue weighted by atomic mass is 16.5. The number of aromatic hydroxyl groups is 1. The number of anilines is 1. The normalized spacial score (nSPS) is 16.9. The first kappa shape index (κ1) is 20.6. The molecule has 0 amide bonds. The smallest absolute Gasteiger partial charge is 0.165 e. The average Bonchev–Trinajstić information content (AvgIpc) is 2.76. The van der Waals surface area contributed by atoms with E-state index >= 15 is 0 Å². The van der Waals surface area contributed by atoms with E-state index in [0.717, 1.165) is 61.4 Å². The van der Waals surface area contributed by atoms with E-state index in [2.05, 4.69) is 42.3 Å². The number of nitrogens with one attached hydrogen (secondary N) is 1. The van der Waals surface area contributed by atoms with Crippen molar-refractivity contribution in [1.29, 1.82) is 0 Å². The highest BCUT2D eigenvalue weighted by molar-refractivity contribution is 5.92. The molecule has 0 unspecified atom stereocenters. The minimum absolute atomic E-state index is 0.193. The number of para-hydroxylation sites is 1. The van der Waals surface area contributed by atoms with Gasteiger partial charge in [0.15, 0.2) is 5.82 Å². The molecule has 158 valence electrons. The number of nitrogens with zero attached hydrogens (tertiary/aromatic N) is 3. The molecule has 3 aromatic rings. The van der Waals surface area contributed by atoms with Gasteiger partial charge < -0.3 is 20.1 Å². The number of phenols is 1. The van der Waals surface area contributed by atoms with Gasteiger partial charge in [-0.2, -0.15) is 0 Å². The summed E-state index contributed by atoms with van der Waals surface area (Å²) in [5.41, 5.74) is 2.70. The summed E-state index contributed by atoms with van der Waals surface area (Å²) in [4.78, 5) is 12.0. The van der Waals surface area contributed by atoms with Crippen LogP contribution in [-0.4, -0.2) is 54.0 Å². The second-order valence-corrected chi connectivity index (χ2v) is 7.93. The zero-order chi connectivity index (χ0) is 20.9. The van der Waals surface area contributed by atoms with Crippen LogP contribution in [0.4, 0.5) is 5.82 Å². The van der Waals surface area contributed by atoms with E-state index in [1.807, 2.05) is 18.2 Å². The van der Waals surface area contributed by atoms with E-state index in [9.17, 15) is 5.11 Å². The zero-order valence-corrected chi connectivity index (χ0v) is 17.8. The van der Waals surface area contributed by atoms with Crippen LogP contribution in [0, 0.1) is 6.92 Å². The molecule has 1 fully saturated rings. The van der Waals surface area contributed by atoms with Crippen LogP contribution in [-0.2, 0) is 4.74 Å². The van der Waals surface area contributed by atoms with Crippen LogP contribution < -0.4 is 10.2 Å². The predicted molar refractivity (Wildman–Crippen MR) is 121 cm³/mol. The highest BCUT2D eigenvalue weighted by Gasteiger charge is 2.23. The number of unbranched alkanes of at least 4 members (excludes halogenated alkanes) is 1. The van der Waals surface area contributed by atoms with Gasteiger partial charge >= 0.3 is 0 Å². The number of fused-ring (bicyclic) bond motifs is 1. The molecule has 0 aliphatic carbocycles. The number of aromatic nitrogens is 2. The lowest BCUT2D eigenvalue weighted by atomic mass is 10.1. The van der Waals surface area contributed by atoms with E-state index in [-0.39, 0.29) is 11.8 Å². The number of phenolic OH excluding ortho intramolecular Hbond substituents is 1. The van der Waals surface area contributed by atoms with E-state index in [1.54, 1.807) is 6.07 Å². The van der Waals surface area contributed by atoms with Gasteiger partial charge in [0.05, 0.1) is 17.7 Å². The zero-order valence-electron chi connectivity index (χ0n) is 17.8. The van der Waals surface area contributed by atoms with Crippen molar-refractivity contribution in [3.05, 3.63) is 48.0 Å². The molecule has 4 rings (SSSR count). The molecule has 0 radical (unpaired) electrons. The van der Waals surface area contributed by atoms with Crippen LogP contribution in [0.15, 0.2) is 42.5 Å². The molecule has 0 bridgehead atoms. The molecule has 1 aromatic heterocycles. The van der Waals surface area contributed by atoms with E-state index in [1.165, 1.54) is 0 Å². The Bertz CT molecular complexity index is 1010. The van der Waals surface area contributed by atoms with E-state index < -0.39 is 0 Å². The Morgan fingerprint density at radius 3 is 2.90 bits per heavy atom. The minimum Gasteiger partial charge on any atom is -0.507 e. The van der Waals surface area contributed by atoms with Crippen LogP contribution in [0.3, 0.4) is 0 Å². The predicted octanol–water partition coefficient (Wildman–Crippen LogP) is 3.91. The van der Waals surface area contributed by atoms with Gasteiger partial charge in [0.25, 0.3) is 0 Å². The standard InChI is InChI=1S/C24H30N4O2/c1-3-4-13-30-16-18-15-28(12-11-25-18)24-19-10-9-17(2)14-21(19)26-23(27-24)20-7-5-6-8-22(20)29/h5-10,14,18,25,29H,3-4,11-13,15-16H2,1-2H3/t18-/m1/s1. The van der Waals surface area contributed by atoms with Crippen LogP contribution in [0.5, 0.6) is 5.75 Å². The Kier molecular flexibility index (Phi) is 6.45. The molecule has 0 spiro atoms. The molecule has 1 aliphatic rings. The molecule has 0 saturated carbocycles. The lowest BCUT2D eigenvalue weighted by Crippen LogP contribution is -2.53. The lowest BCUT2D eigenvalue weighted by molar-refractivity contribution is 0.107. The minimum atomic E-state index is 0.193. The van der Waals surface area contributed by atoms with Gasteiger partial charge in [-0.15, -0.1) is 0 Å². The van der Waals surface area contributed by atoms with Crippen LogP contribution in [0.25, 0.3) is 22.3 Å². The summed E-state index contributed by atoms with van der Waals surface area (Å²) in [7, 11) is 0. The van der Waals surface area contributed by atoms with Crippen LogP contribution >= 0.6 is 0 Å². The molecule has 2 aromatic carbocycles. The van der Waals surface area contributed by atoms with Crippen molar-refractivity contribution in [2.75, 3.05) is 37.7 Å². The van der Waals surface area contributed by atoms with Gasteiger partial charge in [0.1, 0.15) is 11.6 Å². The van der Waals surface area contributed by atoms with Crippen molar-refractivity contribution in [3.63, 3.8) is 0 Å². The van der Waals surface area contributed by atoms with Crippen molar-refractivity contribution >= 4 is 16.7 Å². The summed E-state index contributed by atoms with van der Waals surface area (Å²) in [5, 5.41) is 14.9. The summed E-state index contributed by atoms with van der Waals surface area (Å²) in [5.74, 6) is 1.66. The Morgan fingerprint density at radius 1 is 1.20 bits per heavy atom. The topological polar surface area (TPSA) is 70.5 Å². The van der Waals surface area contributed by atoms with Gasteiger partial charge in [0, 0.05) is 37.7 Å². The van der Waals surface area contributed by atoms with Gasteiger partial charge in [-0.05, 0) is 43.2 Å².